The molecule has 0 heterocycles. The third-order valence-corrected chi connectivity index (χ3v) is 7.33. The maximum atomic E-state index is 2.43. The first kappa shape index (κ1) is 27.5. The van der Waals surface area contributed by atoms with E-state index in [1.54, 1.807) is 0 Å². The fourth-order valence-electron chi connectivity index (χ4n) is 4.67. The van der Waals surface area contributed by atoms with Crippen molar-refractivity contribution in [3.63, 3.8) is 0 Å². The van der Waals surface area contributed by atoms with E-state index in [0.29, 0.717) is 0 Å². The molecule has 0 aliphatic heterocycles. The third kappa shape index (κ3) is 4.05. The van der Waals surface area contributed by atoms with Crippen molar-refractivity contribution < 1.29 is 57.7 Å². The van der Waals surface area contributed by atoms with Crippen LogP contribution < -0.4 is 37.2 Å². The molecule has 2 aromatic carbocycles. The standard InChI is InChI=1S/C24H27.3ClH.Ti/c1-18-16-17-22(19(18)2)24(23(3,4)5,20-12-8-6-9-13-20)21-14-10-7-11-15-21;;;;/h6-17H,1-5H3;3*1H;/q;;;;+3/p-3. The van der Waals surface area contributed by atoms with Gasteiger partial charge in [0.25, 0.3) is 0 Å². The van der Waals surface area contributed by atoms with Crippen LogP contribution in [0, 0.1) is 5.41 Å². The van der Waals surface area contributed by atoms with Crippen molar-refractivity contribution in [2.75, 3.05) is 0 Å². The van der Waals surface area contributed by atoms with Crippen molar-refractivity contribution >= 4 is 0 Å². The molecule has 1 atom stereocenters. The van der Waals surface area contributed by atoms with Crippen LogP contribution in [-0.4, -0.2) is 0 Å². The average molecular weight is 470 g/mol. The zero-order valence-electron chi connectivity index (χ0n) is 17.1. The summed E-state index contributed by atoms with van der Waals surface area (Å²) in [5, 5.41) is 0. The second kappa shape index (κ2) is 10.0. The first-order chi connectivity index (χ1) is 11.7. The normalized spacial score (nSPS) is 18.8. The molecule has 0 fully saturated rings. The van der Waals surface area contributed by atoms with E-state index in [1.165, 1.54) is 22.3 Å². The van der Waals surface area contributed by atoms with Gasteiger partial charge in [0.1, 0.15) is 0 Å². The van der Waals surface area contributed by atoms with E-state index in [-0.39, 0.29) is 51.8 Å². The summed E-state index contributed by atoms with van der Waals surface area (Å²) in [4.78, 5) is 0. The number of benzene rings is 2. The monoisotopic (exact) mass is 468 g/mol. The average Bonchev–Trinajstić information content (AvgIpc) is 2.85. The largest absolute Gasteiger partial charge is 1.00 e. The quantitative estimate of drug-likeness (QED) is 0.442. The fourth-order valence-corrected chi connectivity index (χ4v) is 6.15. The zero-order valence-corrected chi connectivity index (χ0v) is 20.9. The Bertz CT molecular complexity index is 780. The van der Waals surface area contributed by atoms with E-state index in [4.69, 9.17) is 0 Å². The van der Waals surface area contributed by atoms with Gasteiger partial charge >= 0.3 is 165 Å². The molecule has 28 heavy (non-hydrogen) atoms. The van der Waals surface area contributed by atoms with Crippen LogP contribution in [0.25, 0.3) is 0 Å². The Morgan fingerprint density at radius 1 is 0.714 bits per heavy atom. The van der Waals surface area contributed by atoms with Gasteiger partial charge in [-0.3, -0.25) is 0 Å². The molecular formula is C24H27Cl3Ti. The van der Waals surface area contributed by atoms with Crippen molar-refractivity contribution in [2.45, 2.75) is 43.8 Å². The molecular weight excluding hydrogens is 442 g/mol. The summed E-state index contributed by atoms with van der Waals surface area (Å²) >= 11 is 2.42. The molecule has 0 aromatic heterocycles. The fraction of sp³-hybridized carbons (Fsp3) is 0.333. The molecule has 3 rings (SSSR count). The van der Waals surface area contributed by atoms with Crippen molar-refractivity contribution in [1.82, 2.24) is 0 Å². The third-order valence-electron chi connectivity index (χ3n) is 5.90. The predicted molar refractivity (Wildman–Crippen MR) is 103 cm³/mol. The summed E-state index contributed by atoms with van der Waals surface area (Å²) in [6, 6.07) is 22.1. The van der Waals surface area contributed by atoms with Crippen LogP contribution in [0.15, 0.2) is 84.0 Å². The molecule has 148 valence electrons. The number of halogens is 3. The van der Waals surface area contributed by atoms with Crippen LogP contribution in [0.1, 0.15) is 45.7 Å². The first-order valence-electron chi connectivity index (χ1n) is 8.98. The second-order valence-corrected chi connectivity index (χ2v) is 9.41. The van der Waals surface area contributed by atoms with Gasteiger partial charge in [-0.1, -0.05) is 0 Å². The Morgan fingerprint density at radius 3 is 1.39 bits per heavy atom. The van der Waals surface area contributed by atoms with E-state index < -0.39 is 0 Å². The van der Waals surface area contributed by atoms with Gasteiger partial charge in [0.05, 0.1) is 0 Å². The molecule has 0 spiro atoms. The first-order valence-corrected chi connectivity index (χ1v) is 9.76. The van der Waals surface area contributed by atoms with Gasteiger partial charge in [0.15, 0.2) is 0 Å². The molecule has 1 unspecified atom stereocenters. The van der Waals surface area contributed by atoms with Crippen molar-refractivity contribution in [3.05, 3.63) is 95.1 Å². The Morgan fingerprint density at radius 2 is 1.11 bits per heavy atom. The van der Waals surface area contributed by atoms with E-state index in [9.17, 15) is 0 Å². The molecule has 2 aromatic rings. The molecule has 0 nitrogen and oxygen atoms in total. The SMILES string of the molecule is CC1=C(C)[C]([Ti+3])(C(c2ccccc2)(c2ccccc2)C(C)(C)C)C=C1.[Cl-].[Cl-].[Cl-]. The Labute approximate surface area is 200 Å². The summed E-state index contributed by atoms with van der Waals surface area (Å²) in [5.74, 6) is 0. The molecule has 0 amide bonds. The molecule has 4 heteroatoms. The van der Waals surface area contributed by atoms with Gasteiger partial charge in [-0.05, 0) is 0 Å². The Balaban J connectivity index is 0.00000243. The summed E-state index contributed by atoms with van der Waals surface area (Å²) in [6.45, 7) is 11.7. The molecule has 1 aliphatic carbocycles. The summed E-state index contributed by atoms with van der Waals surface area (Å²) in [7, 11) is 0. The maximum Gasteiger partial charge on any atom is -1.00 e. The van der Waals surface area contributed by atoms with Crippen LogP contribution in [0.5, 0.6) is 0 Å². The molecule has 1 aliphatic rings. The van der Waals surface area contributed by atoms with Crippen LogP contribution in [-0.2, 0) is 25.9 Å². The smallest absolute Gasteiger partial charge is 1.00 e. The summed E-state index contributed by atoms with van der Waals surface area (Å²) in [6.07, 6.45) is 4.74. The van der Waals surface area contributed by atoms with Crippen LogP contribution >= 0.6 is 0 Å². The Kier molecular flexibility index (Phi) is 9.83. The summed E-state index contributed by atoms with van der Waals surface area (Å²) < 4.78 is -0.0714. The number of hydrogen-bond acceptors (Lipinski definition) is 0. The van der Waals surface area contributed by atoms with Gasteiger partial charge < -0.3 is 37.2 Å². The van der Waals surface area contributed by atoms with Gasteiger partial charge in [-0.15, -0.1) is 0 Å². The van der Waals surface area contributed by atoms with Crippen LogP contribution in [0.3, 0.4) is 0 Å². The van der Waals surface area contributed by atoms with E-state index in [0.717, 1.165) is 0 Å². The number of allylic oxidation sites excluding steroid dienone is 4. The van der Waals surface area contributed by atoms with E-state index in [1.807, 2.05) is 0 Å². The van der Waals surface area contributed by atoms with E-state index >= 15 is 0 Å². The number of rotatable bonds is 3. The van der Waals surface area contributed by atoms with Gasteiger partial charge in [0, 0.05) is 0 Å². The molecule has 0 saturated carbocycles. The van der Waals surface area contributed by atoms with Crippen molar-refractivity contribution in [1.29, 1.82) is 0 Å². The topological polar surface area (TPSA) is 0 Å². The minimum Gasteiger partial charge on any atom is -1.00 e. The molecule has 0 radical (unpaired) electrons. The molecule has 0 saturated heterocycles. The predicted octanol–water partition coefficient (Wildman–Crippen LogP) is -2.36. The van der Waals surface area contributed by atoms with Gasteiger partial charge in [0.2, 0.25) is 0 Å². The number of hydrogen-bond donors (Lipinski definition) is 0. The van der Waals surface area contributed by atoms with Crippen molar-refractivity contribution in [3.8, 4) is 0 Å². The van der Waals surface area contributed by atoms with Gasteiger partial charge in [-0.2, -0.15) is 0 Å². The van der Waals surface area contributed by atoms with Gasteiger partial charge in [-0.25, -0.2) is 0 Å². The zero-order chi connectivity index (χ0) is 18.3. The van der Waals surface area contributed by atoms with Crippen LogP contribution in [0.2, 0.25) is 3.72 Å². The second-order valence-electron chi connectivity index (χ2n) is 8.18. The van der Waals surface area contributed by atoms with Crippen molar-refractivity contribution in [2.24, 2.45) is 5.41 Å². The van der Waals surface area contributed by atoms with Crippen LogP contribution in [0.4, 0.5) is 0 Å². The maximum absolute atomic E-state index is 2.43. The van der Waals surface area contributed by atoms with E-state index in [2.05, 4.69) is 128 Å². The molecule has 0 N–H and O–H groups in total. The minimum absolute atomic E-state index is 0. The minimum atomic E-state index is -0.152. The summed E-state index contributed by atoms with van der Waals surface area (Å²) in [5.41, 5.74) is 5.50. The Hall–Kier alpha value is -0.496. The molecule has 0 bridgehead atoms.